The third-order valence-electron chi connectivity index (χ3n) is 1.92. The van der Waals surface area contributed by atoms with Crippen molar-refractivity contribution >= 4 is 44.8 Å². The molecule has 0 bridgehead atoms. The lowest BCUT2D eigenvalue weighted by Gasteiger charge is -1.88. The first-order valence-electron chi connectivity index (χ1n) is 4.40. The highest BCUT2D eigenvalue weighted by Crippen LogP contribution is 2.25. The molecule has 14 heavy (non-hydrogen) atoms. The van der Waals surface area contributed by atoms with Gasteiger partial charge in [-0.1, -0.05) is 11.6 Å². The molecule has 0 aliphatic heterocycles. The van der Waals surface area contributed by atoms with Crippen molar-refractivity contribution in [3.63, 3.8) is 0 Å². The third-order valence-corrected chi connectivity index (χ3v) is 3.52. The number of alkyl halides is 1. The molecule has 0 radical (unpaired) electrons. The van der Waals surface area contributed by atoms with Crippen LogP contribution in [0.2, 0.25) is 5.02 Å². The molecule has 0 unspecified atom stereocenters. The number of hydrogen-bond acceptors (Lipinski definition) is 2. The second-order valence-electron chi connectivity index (χ2n) is 3.01. The van der Waals surface area contributed by atoms with E-state index in [0.29, 0.717) is 5.88 Å². The average Bonchev–Trinajstić information content (AvgIpc) is 2.56. The van der Waals surface area contributed by atoms with Crippen LogP contribution in [-0.4, -0.2) is 10.9 Å². The standard InChI is InChI=1S/C10H9Cl2NS/c11-5-1-2-10-13-8-6-7(12)3-4-9(8)14-10/h3-4,6H,1-2,5H2. The Hall–Kier alpha value is -0.310. The molecule has 0 fully saturated rings. The normalized spacial score (nSPS) is 11.0. The maximum Gasteiger partial charge on any atom is 0.0939 e. The van der Waals surface area contributed by atoms with Crippen molar-refractivity contribution in [2.24, 2.45) is 0 Å². The summed E-state index contributed by atoms with van der Waals surface area (Å²) in [6.45, 7) is 0. The van der Waals surface area contributed by atoms with Crippen molar-refractivity contribution in [1.29, 1.82) is 0 Å². The van der Waals surface area contributed by atoms with Gasteiger partial charge in [0.2, 0.25) is 0 Å². The predicted molar refractivity (Wildman–Crippen MR) is 63.7 cm³/mol. The molecule has 0 aliphatic rings. The van der Waals surface area contributed by atoms with E-state index in [1.807, 2.05) is 18.2 Å². The van der Waals surface area contributed by atoms with Crippen molar-refractivity contribution in [1.82, 2.24) is 4.98 Å². The van der Waals surface area contributed by atoms with E-state index < -0.39 is 0 Å². The van der Waals surface area contributed by atoms with Gasteiger partial charge in [-0.25, -0.2) is 4.98 Å². The molecular formula is C10H9Cl2NS. The number of fused-ring (bicyclic) bond motifs is 1. The number of benzene rings is 1. The van der Waals surface area contributed by atoms with Crippen LogP contribution in [0.5, 0.6) is 0 Å². The van der Waals surface area contributed by atoms with Crippen LogP contribution in [0.1, 0.15) is 11.4 Å². The van der Waals surface area contributed by atoms with Crippen LogP contribution in [0.25, 0.3) is 10.2 Å². The van der Waals surface area contributed by atoms with E-state index in [2.05, 4.69) is 4.98 Å². The molecule has 0 saturated heterocycles. The highest BCUT2D eigenvalue weighted by Gasteiger charge is 2.03. The maximum atomic E-state index is 5.88. The molecule has 0 aliphatic carbocycles. The van der Waals surface area contributed by atoms with E-state index in [9.17, 15) is 0 Å². The zero-order chi connectivity index (χ0) is 9.97. The fraction of sp³-hybridized carbons (Fsp3) is 0.300. The van der Waals surface area contributed by atoms with Crippen molar-refractivity contribution in [3.8, 4) is 0 Å². The molecule has 74 valence electrons. The van der Waals surface area contributed by atoms with Crippen LogP contribution in [0.3, 0.4) is 0 Å². The Bertz CT molecular complexity index is 439. The summed E-state index contributed by atoms with van der Waals surface area (Å²) in [4.78, 5) is 4.49. The fourth-order valence-corrected chi connectivity index (χ4v) is 2.56. The minimum Gasteiger partial charge on any atom is -0.241 e. The largest absolute Gasteiger partial charge is 0.241 e. The second kappa shape index (κ2) is 4.47. The highest BCUT2D eigenvalue weighted by molar-refractivity contribution is 7.18. The Labute approximate surface area is 96.7 Å². The summed E-state index contributed by atoms with van der Waals surface area (Å²) in [6, 6.07) is 5.81. The Kier molecular flexibility index (Phi) is 3.26. The van der Waals surface area contributed by atoms with Gasteiger partial charge in [-0.15, -0.1) is 22.9 Å². The Morgan fingerprint density at radius 1 is 1.36 bits per heavy atom. The lowest BCUT2D eigenvalue weighted by atomic mass is 10.3. The van der Waals surface area contributed by atoms with Gasteiger partial charge in [0, 0.05) is 17.3 Å². The van der Waals surface area contributed by atoms with E-state index in [1.54, 1.807) is 11.3 Å². The summed E-state index contributed by atoms with van der Waals surface area (Å²) in [5, 5.41) is 1.88. The van der Waals surface area contributed by atoms with E-state index in [4.69, 9.17) is 23.2 Å². The summed E-state index contributed by atoms with van der Waals surface area (Å²) in [5.41, 5.74) is 0.993. The summed E-state index contributed by atoms with van der Waals surface area (Å²) < 4.78 is 1.19. The van der Waals surface area contributed by atoms with Gasteiger partial charge in [-0.3, -0.25) is 0 Å². The van der Waals surface area contributed by atoms with Crippen LogP contribution < -0.4 is 0 Å². The Morgan fingerprint density at radius 3 is 3.00 bits per heavy atom. The monoisotopic (exact) mass is 245 g/mol. The first-order valence-corrected chi connectivity index (χ1v) is 6.13. The minimum absolute atomic E-state index is 0.691. The summed E-state index contributed by atoms with van der Waals surface area (Å²) in [7, 11) is 0. The molecule has 2 rings (SSSR count). The molecule has 1 nitrogen and oxygen atoms in total. The second-order valence-corrected chi connectivity index (χ2v) is 4.94. The molecule has 0 spiro atoms. The van der Waals surface area contributed by atoms with Crippen LogP contribution in [-0.2, 0) is 6.42 Å². The highest BCUT2D eigenvalue weighted by atomic mass is 35.5. The van der Waals surface area contributed by atoms with E-state index in [1.165, 1.54) is 4.70 Å². The topological polar surface area (TPSA) is 12.9 Å². The van der Waals surface area contributed by atoms with Gasteiger partial charge in [0.15, 0.2) is 0 Å². The van der Waals surface area contributed by atoms with E-state index >= 15 is 0 Å². The van der Waals surface area contributed by atoms with Crippen LogP contribution >= 0.6 is 34.5 Å². The minimum atomic E-state index is 0.691. The first-order chi connectivity index (χ1) is 6.79. The lowest BCUT2D eigenvalue weighted by Crippen LogP contribution is -1.83. The van der Waals surface area contributed by atoms with Gasteiger partial charge in [-0.2, -0.15) is 0 Å². The van der Waals surface area contributed by atoms with E-state index in [0.717, 1.165) is 28.4 Å². The predicted octanol–water partition coefficient (Wildman–Crippen LogP) is 4.12. The van der Waals surface area contributed by atoms with Gasteiger partial charge < -0.3 is 0 Å². The fourth-order valence-electron chi connectivity index (χ4n) is 1.27. The number of hydrogen-bond donors (Lipinski definition) is 0. The SMILES string of the molecule is ClCCCc1nc2cc(Cl)ccc2s1. The van der Waals surface area contributed by atoms with Crippen molar-refractivity contribution in [3.05, 3.63) is 28.2 Å². The zero-order valence-electron chi connectivity index (χ0n) is 7.46. The molecule has 0 N–H and O–H groups in total. The molecular weight excluding hydrogens is 237 g/mol. The quantitative estimate of drug-likeness (QED) is 0.742. The van der Waals surface area contributed by atoms with E-state index in [-0.39, 0.29) is 0 Å². The smallest absolute Gasteiger partial charge is 0.0939 e. The van der Waals surface area contributed by atoms with Gasteiger partial charge in [0.1, 0.15) is 0 Å². The van der Waals surface area contributed by atoms with Crippen molar-refractivity contribution in [2.45, 2.75) is 12.8 Å². The number of aromatic nitrogens is 1. The lowest BCUT2D eigenvalue weighted by molar-refractivity contribution is 0.919. The van der Waals surface area contributed by atoms with Gasteiger partial charge >= 0.3 is 0 Å². The number of thiazole rings is 1. The summed E-state index contributed by atoms with van der Waals surface area (Å²) >= 11 is 13.2. The van der Waals surface area contributed by atoms with Crippen LogP contribution in [0, 0.1) is 0 Å². The molecule has 2 aromatic rings. The number of nitrogens with zero attached hydrogens (tertiary/aromatic N) is 1. The number of rotatable bonds is 3. The van der Waals surface area contributed by atoms with Gasteiger partial charge in [-0.05, 0) is 24.6 Å². The average molecular weight is 246 g/mol. The van der Waals surface area contributed by atoms with Crippen LogP contribution in [0.4, 0.5) is 0 Å². The summed E-state index contributed by atoms with van der Waals surface area (Å²) in [6.07, 6.45) is 1.94. The Morgan fingerprint density at radius 2 is 2.21 bits per heavy atom. The number of aryl methyl sites for hydroxylation is 1. The number of halogens is 2. The first kappa shape index (κ1) is 10.2. The Balaban J connectivity index is 2.32. The molecule has 1 heterocycles. The molecule has 4 heteroatoms. The molecule has 1 aromatic carbocycles. The van der Waals surface area contributed by atoms with Gasteiger partial charge in [0.25, 0.3) is 0 Å². The van der Waals surface area contributed by atoms with Crippen molar-refractivity contribution in [2.75, 3.05) is 5.88 Å². The summed E-state index contributed by atoms with van der Waals surface area (Å²) in [5.74, 6) is 0.691. The molecule has 0 atom stereocenters. The van der Waals surface area contributed by atoms with Crippen molar-refractivity contribution < 1.29 is 0 Å². The third kappa shape index (κ3) is 2.19. The molecule has 0 amide bonds. The van der Waals surface area contributed by atoms with Crippen LogP contribution in [0.15, 0.2) is 18.2 Å². The van der Waals surface area contributed by atoms with Gasteiger partial charge in [0.05, 0.1) is 15.2 Å². The zero-order valence-corrected chi connectivity index (χ0v) is 9.79. The molecule has 1 aromatic heterocycles. The molecule has 0 saturated carbocycles. The maximum absolute atomic E-state index is 5.88.